The van der Waals surface area contributed by atoms with E-state index >= 15 is 0 Å². The van der Waals surface area contributed by atoms with Gasteiger partial charge in [-0.05, 0) is 45.8 Å². The first kappa shape index (κ1) is 15.3. The predicted molar refractivity (Wildman–Crippen MR) is 72.9 cm³/mol. The number of nitrogens with zero attached hydrogens (tertiary/aromatic N) is 1. The molecule has 0 aromatic carbocycles. The number of thioether (sulfide) groups is 1. The number of hydrogen-bond acceptors (Lipinski definition) is 3. The summed E-state index contributed by atoms with van der Waals surface area (Å²) in [5.74, 6) is 2.61. The van der Waals surface area contributed by atoms with Crippen LogP contribution in [0.5, 0.6) is 0 Å². The van der Waals surface area contributed by atoms with Crippen LogP contribution in [0.2, 0.25) is 0 Å². The van der Waals surface area contributed by atoms with Gasteiger partial charge in [-0.3, -0.25) is 0 Å². The van der Waals surface area contributed by atoms with E-state index in [9.17, 15) is 0 Å². The molecule has 15 heavy (non-hydrogen) atoms. The molecule has 92 valence electrons. The van der Waals surface area contributed by atoms with Crippen LogP contribution >= 0.6 is 11.8 Å². The van der Waals surface area contributed by atoms with Crippen LogP contribution < -0.4 is 5.32 Å². The van der Waals surface area contributed by atoms with Gasteiger partial charge in [-0.25, -0.2) is 0 Å². The highest BCUT2D eigenvalue weighted by atomic mass is 32.2. The standard InChI is InChI=1S/C12H28N2S/c1-4-5-6-11-15-12-9-13-8-7-10-14(2)3/h13H,4-12H2,1-3H3. The van der Waals surface area contributed by atoms with Gasteiger partial charge in [0.05, 0.1) is 0 Å². The van der Waals surface area contributed by atoms with Gasteiger partial charge in [-0.15, -0.1) is 0 Å². The van der Waals surface area contributed by atoms with Crippen molar-refractivity contribution >= 4 is 11.8 Å². The average Bonchev–Trinajstić information content (AvgIpc) is 2.20. The molecular formula is C12H28N2S. The molecule has 0 aliphatic heterocycles. The van der Waals surface area contributed by atoms with Gasteiger partial charge in [-0.2, -0.15) is 11.8 Å². The van der Waals surface area contributed by atoms with Gasteiger partial charge in [0.1, 0.15) is 0 Å². The zero-order valence-corrected chi connectivity index (χ0v) is 11.5. The minimum Gasteiger partial charge on any atom is -0.316 e. The third kappa shape index (κ3) is 14.3. The van der Waals surface area contributed by atoms with Gasteiger partial charge in [0.25, 0.3) is 0 Å². The molecule has 0 unspecified atom stereocenters. The third-order valence-electron chi connectivity index (χ3n) is 2.27. The normalized spacial score (nSPS) is 11.2. The Balaban J connectivity index is 2.87. The Morgan fingerprint density at radius 1 is 1.00 bits per heavy atom. The Morgan fingerprint density at radius 2 is 1.80 bits per heavy atom. The molecule has 0 aliphatic rings. The first-order chi connectivity index (χ1) is 7.27. The van der Waals surface area contributed by atoms with Crippen LogP contribution in [0.15, 0.2) is 0 Å². The highest BCUT2D eigenvalue weighted by Gasteiger charge is 1.92. The maximum atomic E-state index is 3.48. The molecule has 3 heteroatoms. The van der Waals surface area contributed by atoms with Crippen molar-refractivity contribution < 1.29 is 0 Å². The summed E-state index contributed by atoms with van der Waals surface area (Å²) in [6.07, 6.45) is 5.38. The lowest BCUT2D eigenvalue weighted by Crippen LogP contribution is -2.23. The SMILES string of the molecule is CCCCCSCCNCCCN(C)C. The molecule has 2 nitrogen and oxygen atoms in total. The molecule has 1 N–H and O–H groups in total. The van der Waals surface area contributed by atoms with E-state index in [1.54, 1.807) is 0 Å². The molecule has 0 saturated heterocycles. The second kappa shape index (κ2) is 12.3. The molecule has 0 spiro atoms. The number of rotatable bonds is 11. The van der Waals surface area contributed by atoms with Crippen molar-refractivity contribution in [3.8, 4) is 0 Å². The first-order valence-corrected chi connectivity index (χ1v) is 7.36. The van der Waals surface area contributed by atoms with Crippen molar-refractivity contribution in [3.63, 3.8) is 0 Å². The topological polar surface area (TPSA) is 15.3 Å². The average molecular weight is 232 g/mol. The summed E-state index contributed by atoms with van der Waals surface area (Å²) < 4.78 is 0. The van der Waals surface area contributed by atoms with Gasteiger partial charge in [0.2, 0.25) is 0 Å². The predicted octanol–water partition coefficient (Wildman–Crippen LogP) is 2.45. The zero-order valence-electron chi connectivity index (χ0n) is 10.7. The maximum Gasteiger partial charge on any atom is 0.00581 e. The van der Waals surface area contributed by atoms with Gasteiger partial charge in [-0.1, -0.05) is 19.8 Å². The van der Waals surface area contributed by atoms with Crippen LogP contribution in [0, 0.1) is 0 Å². The van der Waals surface area contributed by atoms with Gasteiger partial charge in [0.15, 0.2) is 0 Å². The summed E-state index contributed by atoms with van der Waals surface area (Å²) in [4.78, 5) is 2.24. The van der Waals surface area contributed by atoms with Crippen molar-refractivity contribution in [1.29, 1.82) is 0 Å². The lowest BCUT2D eigenvalue weighted by molar-refractivity contribution is 0.396. The van der Waals surface area contributed by atoms with E-state index in [1.807, 2.05) is 0 Å². The Kier molecular flexibility index (Phi) is 12.6. The molecule has 0 rings (SSSR count). The molecular weight excluding hydrogens is 204 g/mol. The van der Waals surface area contributed by atoms with Crippen LogP contribution in [-0.2, 0) is 0 Å². The molecule has 0 aromatic rings. The molecule has 0 fully saturated rings. The minimum atomic E-state index is 1.16. The van der Waals surface area contributed by atoms with Crippen molar-refractivity contribution in [2.45, 2.75) is 32.6 Å². The van der Waals surface area contributed by atoms with Crippen LogP contribution in [0.4, 0.5) is 0 Å². The highest BCUT2D eigenvalue weighted by molar-refractivity contribution is 7.99. The Bertz CT molecular complexity index is 118. The first-order valence-electron chi connectivity index (χ1n) is 6.20. The summed E-state index contributed by atoms with van der Waals surface area (Å²) in [5, 5.41) is 3.48. The maximum absolute atomic E-state index is 3.48. The monoisotopic (exact) mass is 232 g/mol. The van der Waals surface area contributed by atoms with Gasteiger partial charge in [0, 0.05) is 12.3 Å². The minimum absolute atomic E-state index is 1.16. The highest BCUT2D eigenvalue weighted by Crippen LogP contribution is 2.04. The van der Waals surface area contributed by atoms with E-state index in [2.05, 4.69) is 43.0 Å². The van der Waals surface area contributed by atoms with E-state index < -0.39 is 0 Å². The van der Waals surface area contributed by atoms with E-state index in [1.165, 1.54) is 50.3 Å². The van der Waals surface area contributed by atoms with Crippen LogP contribution in [-0.4, -0.2) is 50.1 Å². The number of nitrogens with one attached hydrogen (secondary N) is 1. The summed E-state index contributed by atoms with van der Waals surface area (Å²) >= 11 is 2.08. The van der Waals surface area contributed by atoms with Crippen molar-refractivity contribution in [3.05, 3.63) is 0 Å². The lowest BCUT2D eigenvalue weighted by Gasteiger charge is -2.09. The number of hydrogen-bond donors (Lipinski definition) is 1. The second-order valence-corrected chi connectivity index (χ2v) is 5.45. The van der Waals surface area contributed by atoms with Gasteiger partial charge >= 0.3 is 0 Å². The smallest absolute Gasteiger partial charge is 0.00581 e. The summed E-state index contributed by atoms with van der Waals surface area (Å²) in [6.45, 7) is 5.78. The summed E-state index contributed by atoms with van der Waals surface area (Å²) in [5.41, 5.74) is 0. The number of unbranched alkanes of at least 4 members (excludes halogenated alkanes) is 2. The van der Waals surface area contributed by atoms with E-state index in [-0.39, 0.29) is 0 Å². The fourth-order valence-electron chi connectivity index (χ4n) is 1.35. The van der Waals surface area contributed by atoms with E-state index in [0.29, 0.717) is 0 Å². The molecule has 0 heterocycles. The van der Waals surface area contributed by atoms with Crippen molar-refractivity contribution in [1.82, 2.24) is 10.2 Å². The fourth-order valence-corrected chi connectivity index (χ4v) is 2.25. The molecule has 0 bridgehead atoms. The third-order valence-corrected chi connectivity index (χ3v) is 3.34. The molecule has 0 atom stereocenters. The largest absolute Gasteiger partial charge is 0.316 e. The fraction of sp³-hybridized carbons (Fsp3) is 1.00. The van der Waals surface area contributed by atoms with Crippen molar-refractivity contribution in [2.75, 3.05) is 45.2 Å². The van der Waals surface area contributed by atoms with Crippen molar-refractivity contribution in [2.24, 2.45) is 0 Å². The molecule has 0 radical (unpaired) electrons. The summed E-state index contributed by atoms with van der Waals surface area (Å²) in [6, 6.07) is 0. The lowest BCUT2D eigenvalue weighted by atomic mass is 10.3. The van der Waals surface area contributed by atoms with Crippen LogP contribution in [0.25, 0.3) is 0 Å². The summed E-state index contributed by atoms with van der Waals surface area (Å²) in [7, 11) is 4.26. The Labute approximate surface area is 100 Å². The molecule has 0 saturated carbocycles. The van der Waals surface area contributed by atoms with Crippen LogP contribution in [0.3, 0.4) is 0 Å². The molecule has 0 amide bonds. The quantitative estimate of drug-likeness (QED) is 0.551. The van der Waals surface area contributed by atoms with E-state index in [4.69, 9.17) is 0 Å². The van der Waals surface area contributed by atoms with Gasteiger partial charge < -0.3 is 10.2 Å². The molecule has 0 aromatic heterocycles. The van der Waals surface area contributed by atoms with Crippen LogP contribution in [0.1, 0.15) is 32.6 Å². The van der Waals surface area contributed by atoms with E-state index in [0.717, 1.165) is 6.54 Å². The Morgan fingerprint density at radius 3 is 2.47 bits per heavy atom. The molecule has 0 aliphatic carbocycles. The second-order valence-electron chi connectivity index (χ2n) is 4.23. The Hall–Kier alpha value is 0.270. The zero-order chi connectivity index (χ0) is 11.4.